The first-order valence-corrected chi connectivity index (χ1v) is 6.83. The molecule has 1 N–H and O–H groups in total. The van der Waals surface area contributed by atoms with Gasteiger partial charge >= 0.3 is 0 Å². The van der Waals surface area contributed by atoms with Gasteiger partial charge in [0.15, 0.2) is 0 Å². The Balaban J connectivity index is 1.98. The Labute approximate surface area is 106 Å². The summed E-state index contributed by atoms with van der Waals surface area (Å²) in [6.45, 7) is 3.23. The van der Waals surface area contributed by atoms with Crippen LogP contribution in [0.4, 0.5) is 0 Å². The molecule has 2 aromatic rings. The van der Waals surface area contributed by atoms with Crippen LogP contribution in [-0.4, -0.2) is 18.6 Å². The Bertz CT molecular complexity index is 545. The van der Waals surface area contributed by atoms with Crippen LogP contribution in [0.1, 0.15) is 28.3 Å². The molecule has 17 heavy (non-hydrogen) atoms. The van der Waals surface area contributed by atoms with Crippen molar-refractivity contribution in [1.29, 1.82) is 0 Å². The number of likely N-dealkylation sites (N-methyl/N-ethyl adjacent to an activating group) is 1. The average molecular weight is 244 g/mol. The number of aromatic nitrogens is 1. The Morgan fingerprint density at radius 3 is 3.06 bits per heavy atom. The normalized spacial score (nSPS) is 14.5. The van der Waals surface area contributed by atoms with E-state index in [0.29, 0.717) is 5.92 Å². The zero-order valence-corrected chi connectivity index (χ0v) is 11.0. The van der Waals surface area contributed by atoms with Crippen molar-refractivity contribution in [2.45, 2.75) is 19.3 Å². The van der Waals surface area contributed by atoms with Crippen LogP contribution in [0.15, 0.2) is 24.3 Å². The number of hydrogen-bond acceptors (Lipinski definition) is 3. The summed E-state index contributed by atoms with van der Waals surface area (Å²) in [5, 5.41) is 4.48. The molecule has 0 aliphatic heterocycles. The van der Waals surface area contributed by atoms with Crippen LogP contribution >= 0.6 is 11.3 Å². The number of rotatable bonds is 3. The predicted octanol–water partition coefficient (Wildman–Crippen LogP) is 3.04. The Hall–Kier alpha value is -1.19. The van der Waals surface area contributed by atoms with Crippen molar-refractivity contribution in [1.82, 2.24) is 10.3 Å². The molecule has 1 heterocycles. The van der Waals surface area contributed by atoms with Gasteiger partial charge < -0.3 is 5.32 Å². The third kappa shape index (κ3) is 1.79. The van der Waals surface area contributed by atoms with Crippen LogP contribution in [0.2, 0.25) is 0 Å². The molecule has 3 rings (SSSR count). The quantitative estimate of drug-likeness (QED) is 0.766. The van der Waals surface area contributed by atoms with Gasteiger partial charge in [-0.1, -0.05) is 31.2 Å². The van der Waals surface area contributed by atoms with Crippen LogP contribution < -0.4 is 5.32 Å². The van der Waals surface area contributed by atoms with E-state index in [2.05, 4.69) is 36.5 Å². The van der Waals surface area contributed by atoms with Crippen molar-refractivity contribution in [2.24, 2.45) is 0 Å². The van der Waals surface area contributed by atoms with E-state index in [0.717, 1.165) is 13.0 Å². The molecule has 1 atom stereocenters. The predicted molar refractivity (Wildman–Crippen MR) is 72.7 cm³/mol. The topological polar surface area (TPSA) is 24.9 Å². The minimum Gasteiger partial charge on any atom is -0.319 e. The van der Waals surface area contributed by atoms with E-state index in [4.69, 9.17) is 4.98 Å². The van der Waals surface area contributed by atoms with Gasteiger partial charge in [-0.15, -0.1) is 11.3 Å². The van der Waals surface area contributed by atoms with Crippen LogP contribution in [0.5, 0.6) is 0 Å². The first kappa shape index (κ1) is 10.9. The molecular weight excluding hydrogens is 228 g/mol. The number of nitrogens with zero attached hydrogens (tertiary/aromatic N) is 1. The van der Waals surface area contributed by atoms with Crippen molar-refractivity contribution >= 4 is 11.3 Å². The van der Waals surface area contributed by atoms with E-state index in [1.807, 2.05) is 18.4 Å². The summed E-state index contributed by atoms with van der Waals surface area (Å²) < 4.78 is 0. The van der Waals surface area contributed by atoms with Gasteiger partial charge in [0, 0.05) is 29.3 Å². The molecule has 88 valence electrons. The maximum Gasteiger partial charge on any atom is 0.0976 e. The van der Waals surface area contributed by atoms with Gasteiger partial charge in [-0.3, -0.25) is 0 Å². The molecule has 0 amide bonds. The van der Waals surface area contributed by atoms with Gasteiger partial charge in [0.2, 0.25) is 0 Å². The van der Waals surface area contributed by atoms with Crippen molar-refractivity contribution in [2.75, 3.05) is 13.6 Å². The lowest BCUT2D eigenvalue weighted by molar-refractivity contribution is 0.674. The van der Waals surface area contributed by atoms with Crippen LogP contribution in [0.3, 0.4) is 0 Å². The highest BCUT2D eigenvalue weighted by molar-refractivity contribution is 7.12. The second-order valence-corrected chi connectivity index (χ2v) is 5.73. The number of hydrogen-bond donors (Lipinski definition) is 1. The Morgan fingerprint density at radius 1 is 1.41 bits per heavy atom. The molecule has 1 unspecified atom stereocenters. The summed E-state index contributed by atoms with van der Waals surface area (Å²) in [5.41, 5.74) is 3.99. The standard InChI is InChI=1S/C14H16N2S/c1-9(8-15-2)14-16-13-11-6-4-3-5-10(11)7-12(13)17-14/h3-6,9,15H,7-8H2,1-2H3. The smallest absolute Gasteiger partial charge is 0.0976 e. The van der Waals surface area contributed by atoms with Gasteiger partial charge in [-0.05, 0) is 12.6 Å². The fourth-order valence-electron chi connectivity index (χ4n) is 2.38. The number of fused-ring (bicyclic) bond motifs is 3. The molecule has 0 saturated carbocycles. The zero-order chi connectivity index (χ0) is 11.8. The number of thiazole rings is 1. The lowest BCUT2D eigenvalue weighted by Gasteiger charge is -2.06. The molecule has 0 radical (unpaired) electrons. The molecule has 0 saturated heterocycles. The largest absolute Gasteiger partial charge is 0.319 e. The van der Waals surface area contributed by atoms with Gasteiger partial charge in [-0.25, -0.2) is 4.98 Å². The van der Waals surface area contributed by atoms with E-state index in [1.165, 1.54) is 26.7 Å². The summed E-state index contributed by atoms with van der Waals surface area (Å²) in [5.74, 6) is 0.503. The number of nitrogens with one attached hydrogen (secondary N) is 1. The van der Waals surface area contributed by atoms with E-state index in [1.54, 1.807) is 0 Å². The third-order valence-electron chi connectivity index (χ3n) is 3.27. The van der Waals surface area contributed by atoms with Crippen LogP contribution in [0.25, 0.3) is 11.3 Å². The molecule has 0 bridgehead atoms. The summed E-state index contributed by atoms with van der Waals surface area (Å²) in [6.07, 6.45) is 1.06. The second-order valence-electron chi connectivity index (χ2n) is 4.62. The lowest BCUT2D eigenvalue weighted by Crippen LogP contribution is -2.14. The monoisotopic (exact) mass is 244 g/mol. The van der Waals surface area contributed by atoms with Crippen LogP contribution in [0, 0.1) is 0 Å². The van der Waals surface area contributed by atoms with Gasteiger partial charge in [-0.2, -0.15) is 0 Å². The highest BCUT2D eigenvalue weighted by Crippen LogP contribution is 2.40. The maximum atomic E-state index is 4.83. The van der Waals surface area contributed by atoms with Crippen molar-refractivity contribution in [3.05, 3.63) is 39.7 Å². The SMILES string of the molecule is CNCC(C)c1nc2c(s1)Cc1ccccc1-2. The van der Waals surface area contributed by atoms with Gasteiger partial charge in [0.25, 0.3) is 0 Å². The molecule has 1 aromatic carbocycles. The average Bonchev–Trinajstić information content (AvgIpc) is 2.86. The molecule has 0 fully saturated rings. The minimum absolute atomic E-state index is 0.503. The molecule has 1 aliphatic rings. The van der Waals surface area contributed by atoms with Crippen molar-refractivity contribution in [3.63, 3.8) is 0 Å². The highest BCUT2D eigenvalue weighted by atomic mass is 32.1. The second kappa shape index (κ2) is 4.24. The highest BCUT2D eigenvalue weighted by Gasteiger charge is 2.24. The first-order valence-electron chi connectivity index (χ1n) is 6.02. The Kier molecular flexibility index (Phi) is 2.73. The summed E-state index contributed by atoms with van der Waals surface area (Å²) in [4.78, 5) is 6.26. The summed E-state index contributed by atoms with van der Waals surface area (Å²) >= 11 is 1.88. The van der Waals surface area contributed by atoms with E-state index >= 15 is 0 Å². The lowest BCUT2D eigenvalue weighted by atomic mass is 10.1. The van der Waals surface area contributed by atoms with Gasteiger partial charge in [0.05, 0.1) is 10.7 Å². The van der Waals surface area contributed by atoms with E-state index in [9.17, 15) is 0 Å². The van der Waals surface area contributed by atoms with Crippen LogP contribution in [-0.2, 0) is 6.42 Å². The maximum absolute atomic E-state index is 4.83. The molecule has 3 heteroatoms. The summed E-state index contributed by atoms with van der Waals surface area (Å²) in [6, 6.07) is 8.61. The molecule has 1 aliphatic carbocycles. The molecule has 0 spiro atoms. The first-order chi connectivity index (χ1) is 8.29. The Morgan fingerprint density at radius 2 is 2.24 bits per heavy atom. The van der Waals surface area contributed by atoms with Gasteiger partial charge in [0.1, 0.15) is 0 Å². The van der Waals surface area contributed by atoms with Crippen molar-refractivity contribution < 1.29 is 0 Å². The van der Waals surface area contributed by atoms with E-state index in [-0.39, 0.29) is 0 Å². The molecule has 1 aromatic heterocycles. The van der Waals surface area contributed by atoms with Crippen molar-refractivity contribution in [3.8, 4) is 11.3 Å². The third-order valence-corrected chi connectivity index (χ3v) is 4.56. The fraction of sp³-hybridized carbons (Fsp3) is 0.357. The molecule has 2 nitrogen and oxygen atoms in total. The zero-order valence-electron chi connectivity index (χ0n) is 10.2. The fourth-order valence-corrected chi connectivity index (χ4v) is 3.54. The molecular formula is C14H16N2S. The summed E-state index contributed by atoms with van der Waals surface area (Å²) in [7, 11) is 1.99. The van der Waals surface area contributed by atoms with E-state index < -0.39 is 0 Å². The number of benzene rings is 1. The minimum atomic E-state index is 0.503.